The Kier molecular flexibility index (Phi) is 5.23. The molecule has 0 amide bonds. The van der Waals surface area contributed by atoms with E-state index in [9.17, 15) is 8.42 Å². The molecule has 142 valence electrons. The molecule has 7 heteroatoms. The second kappa shape index (κ2) is 7.44. The molecule has 3 aromatic rings. The van der Waals surface area contributed by atoms with Gasteiger partial charge in [0, 0.05) is 0 Å². The molecule has 6 nitrogen and oxygen atoms in total. The summed E-state index contributed by atoms with van der Waals surface area (Å²) in [7, 11) is -3.66. The number of hydrogen-bond acceptors (Lipinski definition) is 5. The molecule has 0 radical (unpaired) electrons. The van der Waals surface area contributed by atoms with Crippen LogP contribution >= 0.6 is 0 Å². The van der Waals surface area contributed by atoms with Gasteiger partial charge >= 0.3 is 0 Å². The standard InChI is InChI=1S/C20H23N3O3S/c1-20(2,3)15-6-9-18(10-7-15)27(24,25)23-16-8-11-19(21-13-16)22-14-17-5-4-12-26-17/h4-13,23H,14H2,1-3H3,(H,21,22). The van der Waals surface area contributed by atoms with Crippen molar-refractivity contribution in [2.45, 2.75) is 37.6 Å². The topological polar surface area (TPSA) is 84.2 Å². The summed E-state index contributed by atoms with van der Waals surface area (Å²) in [6, 6.07) is 14.0. The van der Waals surface area contributed by atoms with Gasteiger partial charge in [-0.25, -0.2) is 13.4 Å². The molecule has 0 bridgehead atoms. The van der Waals surface area contributed by atoms with Crippen molar-refractivity contribution in [3.63, 3.8) is 0 Å². The van der Waals surface area contributed by atoms with Gasteiger partial charge in [-0.1, -0.05) is 32.9 Å². The van der Waals surface area contributed by atoms with Crippen molar-refractivity contribution in [2.75, 3.05) is 10.0 Å². The van der Waals surface area contributed by atoms with E-state index in [1.54, 1.807) is 30.5 Å². The highest BCUT2D eigenvalue weighted by Crippen LogP contribution is 2.24. The zero-order valence-electron chi connectivity index (χ0n) is 15.6. The first-order valence-corrected chi connectivity index (χ1v) is 10.1. The number of benzene rings is 1. The van der Waals surface area contributed by atoms with Crippen LogP contribution < -0.4 is 10.0 Å². The zero-order valence-corrected chi connectivity index (χ0v) is 16.4. The van der Waals surface area contributed by atoms with Crippen LogP contribution in [-0.4, -0.2) is 13.4 Å². The Balaban J connectivity index is 1.66. The van der Waals surface area contributed by atoms with E-state index in [2.05, 4.69) is 35.8 Å². The highest BCUT2D eigenvalue weighted by Gasteiger charge is 2.17. The van der Waals surface area contributed by atoms with Crippen LogP contribution in [-0.2, 0) is 22.0 Å². The Morgan fingerprint density at radius 1 is 1.04 bits per heavy atom. The first kappa shape index (κ1) is 19.0. The molecule has 3 rings (SSSR count). The molecule has 27 heavy (non-hydrogen) atoms. The number of anilines is 2. The monoisotopic (exact) mass is 385 g/mol. The quantitative estimate of drug-likeness (QED) is 0.658. The molecule has 0 spiro atoms. The van der Waals surface area contributed by atoms with E-state index in [1.807, 2.05) is 24.3 Å². The second-order valence-corrected chi connectivity index (χ2v) is 8.93. The van der Waals surface area contributed by atoms with E-state index >= 15 is 0 Å². The first-order valence-electron chi connectivity index (χ1n) is 8.60. The lowest BCUT2D eigenvalue weighted by atomic mass is 9.87. The molecule has 0 unspecified atom stereocenters. The Bertz CT molecular complexity index is 972. The van der Waals surface area contributed by atoms with Gasteiger partial charge in [-0.3, -0.25) is 4.72 Å². The van der Waals surface area contributed by atoms with Gasteiger partial charge in [0.25, 0.3) is 10.0 Å². The van der Waals surface area contributed by atoms with Crippen molar-refractivity contribution >= 4 is 21.5 Å². The van der Waals surface area contributed by atoms with Crippen LogP contribution in [0.15, 0.2) is 70.3 Å². The van der Waals surface area contributed by atoms with Crippen LogP contribution in [0.25, 0.3) is 0 Å². The average Bonchev–Trinajstić information content (AvgIpc) is 3.14. The normalized spacial score (nSPS) is 12.0. The van der Waals surface area contributed by atoms with Crippen molar-refractivity contribution in [1.82, 2.24) is 4.98 Å². The lowest BCUT2D eigenvalue weighted by molar-refractivity contribution is 0.518. The largest absolute Gasteiger partial charge is 0.467 e. The number of aromatic nitrogens is 1. The van der Waals surface area contributed by atoms with Gasteiger partial charge in [0.1, 0.15) is 11.6 Å². The molecule has 0 atom stereocenters. The Morgan fingerprint density at radius 2 is 1.78 bits per heavy atom. The number of hydrogen-bond donors (Lipinski definition) is 2. The smallest absolute Gasteiger partial charge is 0.261 e. The van der Waals surface area contributed by atoms with Gasteiger partial charge in [0.2, 0.25) is 0 Å². The molecule has 0 fully saturated rings. The lowest BCUT2D eigenvalue weighted by Crippen LogP contribution is -2.15. The highest BCUT2D eigenvalue weighted by atomic mass is 32.2. The van der Waals surface area contributed by atoms with Crippen LogP contribution in [0.4, 0.5) is 11.5 Å². The Labute approximate surface area is 159 Å². The predicted molar refractivity (Wildman–Crippen MR) is 106 cm³/mol. The maximum absolute atomic E-state index is 12.6. The summed E-state index contributed by atoms with van der Waals surface area (Å²) in [6.45, 7) is 6.76. The van der Waals surface area contributed by atoms with Crippen LogP contribution in [0.2, 0.25) is 0 Å². The molecule has 0 aliphatic heterocycles. The molecule has 2 aromatic heterocycles. The van der Waals surface area contributed by atoms with E-state index in [1.165, 1.54) is 6.20 Å². The van der Waals surface area contributed by atoms with Crippen LogP contribution in [0, 0.1) is 0 Å². The van der Waals surface area contributed by atoms with E-state index in [0.29, 0.717) is 18.1 Å². The molecule has 0 saturated heterocycles. The molecule has 0 saturated carbocycles. The summed E-state index contributed by atoms with van der Waals surface area (Å²) in [5, 5.41) is 3.11. The fourth-order valence-corrected chi connectivity index (χ4v) is 3.54. The summed E-state index contributed by atoms with van der Waals surface area (Å²) in [4.78, 5) is 4.44. The van der Waals surface area contributed by atoms with Gasteiger partial charge in [-0.2, -0.15) is 0 Å². The third kappa shape index (κ3) is 4.89. The first-order chi connectivity index (χ1) is 12.7. The molecule has 0 aliphatic rings. The number of pyridine rings is 1. The highest BCUT2D eigenvalue weighted by molar-refractivity contribution is 7.92. The summed E-state index contributed by atoms with van der Waals surface area (Å²) in [5.41, 5.74) is 1.45. The molecule has 0 aliphatic carbocycles. The van der Waals surface area contributed by atoms with Gasteiger partial charge in [0.05, 0.1) is 29.6 Å². The zero-order chi connectivity index (χ0) is 19.5. The number of rotatable bonds is 6. The van der Waals surface area contributed by atoms with Gasteiger partial charge in [-0.05, 0) is 47.4 Å². The summed E-state index contributed by atoms with van der Waals surface area (Å²) >= 11 is 0. The molecule has 2 N–H and O–H groups in total. The minimum atomic E-state index is -3.66. The third-order valence-corrected chi connectivity index (χ3v) is 5.47. The number of nitrogens with one attached hydrogen (secondary N) is 2. The van der Waals surface area contributed by atoms with E-state index in [0.717, 1.165) is 11.3 Å². The minimum absolute atomic E-state index is 0.0296. The van der Waals surface area contributed by atoms with Crippen molar-refractivity contribution in [3.8, 4) is 0 Å². The molecular weight excluding hydrogens is 362 g/mol. The van der Waals surface area contributed by atoms with Crippen molar-refractivity contribution in [1.29, 1.82) is 0 Å². The maximum Gasteiger partial charge on any atom is 0.261 e. The van der Waals surface area contributed by atoms with Crippen LogP contribution in [0.3, 0.4) is 0 Å². The summed E-state index contributed by atoms with van der Waals surface area (Å²) in [6.07, 6.45) is 3.09. The minimum Gasteiger partial charge on any atom is -0.467 e. The SMILES string of the molecule is CC(C)(C)c1ccc(S(=O)(=O)Nc2ccc(NCc3ccco3)nc2)cc1. The van der Waals surface area contributed by atoms with Crippen molar-refractivity contribution in [3.05, 3.63) is 72.3 Å². The predicted octanol–water partition coefficient (Wildman–Crippen LogP) is 4.39. The Morgan fingerprint density at radius 3 is 2.33 bits per heavy atom. The van der Waals surface area contributed by atoms with Crippen LogP contribution in [0.5, 0.6) is 0 Å². The van der Waals surface area contributed by atoms with Gasteiger partial charge in [-0.15, -0.1) is 0 Å². The second-order valence-electron chi connectivity index (χ2n) is 7.24. The fraction of sp³-hybridized carbons (Fsp3) is 0.250. The average molecular weight is 385 g/mol. The Hall–Kier alpha value is -2.80. The maximum atomic E-state index is 12.6. The molecular formula is C20H23N3O3S. The van der Waals surface area contributed by atoms with Crippen LogP contribution in [0.1, 0.15) is 32.1 Å². The fourth-order valence-electron chi connectivity index (χ4n) is 2.50. The molecule has 2 heterocycles. The summed E-state index contributed by atoms with van der Waals surface area (Å²) < 4.78 is 32.9. The van der Waals surface area contributed by atoms with E-state index in [4.69, 9.17) is 4.42 Å². The summed E-state index contributed by atoms with van der Waals surface area (Å²) in [5.74, 6) is 1.42. The van der Waals surface area contributed by atoms with Crippen molar-refractivity contribution in [2.24, 2.45) is 0 Å². The van der Waals surface area contributed by atoms with Gasteiger partial charge < -0.3 is 9.73 Å². The number of nitrogens with zero attached hydrogens (tertiary/aromatic N) is 1. The van der Waals surface area contributed by atoms with E-state index < -0.39 is 10.0 Å². The third-order valence-electron chi connectivity index (χ3n) is 4.07. The molecule has 1 aromatic carbocycles. The van der Waals surface area contributed by atoms with E-state index in [-0.39, 0.29) is 10.3 Å². The number of furan rings is 1. The number of sulfonamides is 1. The van der Waals surface area contributed by atoms with Gasteiger partial charge in [0.15, 0.2) is 0 Å². The lowest BCUT2D eigenvalue weighted by Gasteiger charge is -2.19. The van der Waals surface area contributed by atoms with Crippen molar-refractivity contribution < 1.29 is 12.8 Å².